The molecule has 0 bridgehead atoms. The number of primary amides is 1. The maximum absolute atomic E-state index is 11.2. The molecule has 1 unspecified atom stereocenters. The first kappa shape index (κ1) is 13.8. The van der Waals surface area contributed by atoms with Gasteiger partial charge in [0.25, 0.3) is 0 Å². The van der Waals surface area contributed by atoms with E-state index in [-0.39, 0.29) is 11.7 Å². The first-order chi connectivity index (χ1) is 7.91. The van der Waals surface area contributed by atoms with Crippen molar-refractivity contribution >= 4 is 17.7 Å². The van der Waals surface area contributed by atoms with Gasteiger partial charge in [-0.1, -0.05) is 25.6 Å². The smallest absolute Gasteiger partial charge is 0.343 e. The van der Waals surface area contributed by atoms with Gasteiger partial charge in [0.15, 0.2) is 5.16 Å². The largest absolute Gasteiger partial charge is 0.368 e. The van der Waals surface area contributed by atoms with E-state index in [9.17, 15) is 9.59 Å². The highest BCUT2D eigenvalue weighted by Gasteiger charge is 2.17. The Morgan fingerprint density at radius 2 is 2.29 bits per heavy atom. The summed E-state index contributed by atoms with van der Waals surface area (Å²) in [7, 11) is 1.61. The summed E-state index contributed by atoms with van der Waals surface area (Å²) in [4.78, 5) is 22.3. The van der Waals surface area contributed by atoms with Crippen LogP contribution in [0, 0.1) is 0 Å². The molecule has 1 rings (SSSR count). The average Bonchev–Trinajstić information content (AvgIpc) is 2.54. The standard InChI is InChI=1S/C9H17N5O2S/c1-5(2)11-6(7(10)15)4-17-9-13-12-8(16)14(9)3/h5-6,11H,4H2,1-3H3,(H2,10,15)(H,12,16). The van der Waals surface area contributed by atoms with E-state index < -0.39 is 11.9 Å². The van der Waals surface area contributed by atoms with Crippen LogP contribution in [0.3, 0.4) is 0 Å². The van der Waals surface area contributed by atoms with Gasteiger partial charge in [0.2, 0.25) is 5.91 Å². The number of nitrogens with one attached hydrogen (secondary N) is 2. The van der Waals surface area contributed by atoms with E-state index in [0.717, 1.165) is 0 Å². The molecular formula is C9H17N5O2S. The second-order valence-corrected chi connectivity index (χ2v) is 4.94. The molecule has 0 radical (unpaired) electrons. The molecule has 7 nitrogen and oxygen atoms in total. The van der Waals surface area contributed by atoms with E-state index in [1.54, 1.807) is 7.05 Å². The van der Waals surface area contributed by atoms with Crippen molar-refractivity contribution in [2.75, 3.05) is 5.75 Å². The van der Waals surface area contributed by atoms with Crippen molar-refractivity contribution in [1.82, 2.24) is 20.1 Å². The van der Waals surface area contributed by atoms with Gasteiger partial charge in [-0.2, -0.15) is 0 Å². The fraction of sp³-hybridized carbons (Fsp3) is 0.667. The van der Waals surface area contributed by atoms with Crippen LogP contribution in [0.25, 0.3) is 0 Å². The van der Waals surface area contributed by atoms with Gasteiger partial charge in [-0.25, -0.2) is 9.89 Å². The van der Waals surface area contributed by atoms with Crippen molar-refractivity contribution in [3.05, 3.63) is 10.5 Å². The molecule has 0 saturated carbocycles. The summed E-state index contributed by atoms with van der Waals surface area (Å²) in [6, 6.07) is -0.275. The van der Waals surface area contributed by atoms with Gasteiger partial charge in [0.1, 0.15) is 0 Å². The zero-order chi connectivity index (χ0) is 13.0. The van der Waals surface area contributed by atoms with Gasteiger partial charge in [0.05, 0.1) is 6.04 Å². The Balaban J connectivity index is 2.61. The lowest BCUT2D eigenvalue weighted by Gasteiger charge is -2.17. The van der Waals surface area contributed by atoms with E-state index in [0.29, 0.717) is 10.9 Å². The molecule has 1 amide bonds. The molecule has 0 aliphatic rings. The number of aromatic amines is 1. The molecule has 1 aromatic heterocycles. The monoisotopic (exact) mass is 259 g/mol. The van der Waals surface area contributed by atoms with Crippen LogP contribution in [0.5, 0.6) is 0 Å². The van der Waals surface area contributed by atoms with E-state index in [1.165, 1.54) is 16.3 Å². The lowest BCUT2D eigenvalue weighted by molar-refractivity contribution is -0.119. The number of aromatic nitrogens is 3. The molecular weight excluding hydrogens is 242 g/mol. The first-order valence-electron chi connectivity index (χ1n) is 5.21. The van der Waals surface area contributed by atoms with Crippen molar-refractivity contribution in [3.63, 3.8) is 0 Å². The molecule has 0 saturated heterocycles. The Kier molecular flexibility index (Phi) is 4.76. The highest BCUT2D eigenvalue weighted by molar-refractivity contribution is 7.99. The first-order valence-corrected chi connectivity index (χ1v) is 6.20. The molecule has 1 aromatic rings. The summed E-state index contributed by atoms with van der Waals surface area (Å²) in [6.07, 6.45) is 0. The third kappa shape index (κ3) is 3.90. The van der Waals surface area contributed by atoms with Crippen molar-refractivity contribution in [1.29, 1.82) is 0 Å². The van der Waals surface area contributed by atoms with Crippen molar-refractivity contribution in [2.24, 2.45) is 12.8 Å². The van der Waals surface area contributed by atoms with Crippen LogP contribution in [0.1, 0.15) is 13.8 Å². The normalized spacial score (nSPS) is 12.9. The molecule has 0 aromatic carbocycles. The fourth-order valence-corrected chi connectivity index (χ4v) is 2.20. The minimum Gasteiger partial charge on any atom is -0.368 e. The number of hydrogen-bond donors (Lipinski definition) is 3. The number of nitrogens with zero attached hydrogens (tertiary/aromatic N) is 2. The number of hydrogen-bond acceptors (Lipinski definition) is 5. The molecule has 0 aliphatic carbocycles. The molecule has 4 N–H and O–H groups in total. The minimum atomic E-state index is -0.438. The molecule has 1 atom stereocenters. The van der Waals surface area contributed by atoms with Crippen LogP contribution in [0.4, 0.5) is 0 Å². The van der Waals surface area contributed by atoms with E-state index in [1.807, 2.05) is 13.8 Å². The summed E-state index contributed by atoms with van der Waals surface area (Å²) >= 11 is 1.30. The van der Waals surface area contributed by atoms with Gasteiger partial charge in [-0.3, -0.25) is 9.36 Å². The fourth-order valence-electron chi connectivity index (χ4n) is 1.23. The van der Waals surface area contributed by atoms with Gasteiger partial charge in [0, 0.05) is 18.8 Å². The number of amides is 1. The Morgan fingerprint density at radius 3 is 2.71 bits per heavy atom. The Morgan fingerprint density at radius 1 is 1.65 bits per heavy atom. The number of rotatable bonds is 6. The van der Waals surface area contributed by atoms with Crippen LogP contribution in [-0.2, 0) is 11.8 Å². The molecule has 8 heteroatoms. The number of thioether (sulfide) groups is 1. The maximum atomic E-state index is 11.2. The predicted octanol–water partition coefficient (Wildman–Crippen LogP) is -0.948. The van der Waals surface area contributed by atoms with Gasteiger partial charge >= 0.3 is 5.69 Å². The van der Waals surface area contributed by atoms with Crippen molar-refractivity contribution < 1.29 is 4.79 Å². The van der Waals surface area contributed by atoms with Crippen molar-refractivity contribution in [2.45, 2.75) is 31.1 Å². The molecule has 0 fully saturated rings. The van der Waals surface area contributed by atoms with Crippen LogP contribution in [-0.4, -0.2) is 38.5 Å². The summed E-state index contributed by atoms with van der Waals surface area (Å²) < 4.78 is 1.39. The summed E-state index contributed by atoms with van der Waals surface area (Å²) in [5.41, 5.74) is 5.00. The molecule has 17 heavy (non-hydrogen) atoms. The molecule has 0 aliphatic heterocycles. The lowest BCUT2D eigenvalue weighted by Crippen LogP contribution is -2.46. The summed E-state index contributed by atoms with van der Waals surface area (Å²) in [5, 5.41) is 9.75. The zero-order valence-electron chi connectivity index (χ0n) is 10.1. The number of carbonyl (C=O) groups is 1. The SMILES string of the molecule is CC(C)NC(CSc1n[nH]c(=O)n1C)C(N)=O. The number of H-pyrrole nitrogens is 1. The molecule has 0 spiro atoms. The molecule has 96 valence electrons. The van der Waals surface area contributed by atoms with Crippen LogP contribution in [0.2, 0.25) is 0 Å². The second-order valence-electron chi connectivity index (χ2n) is 3.96. The Bertz CT molecular complexity index is 439. The maximum Gasteiger partial charge on any atom is 0.343 e. The van der Waals surface area contributed by atoms with Crippen LogP contribution >= 0.6 is 11.8 Å². The molecule has 1 heterocycles. The van der Waals surface area contributed by atoms with Gasteiger partial charge in [-0.05, 0) is 0 Å². The quantitative estimate of drug-likeness (QED) is 0.571. The van der Waals surface area contributed by atoms with Crippen molar-refractivity contribution in [3.8, 4) is 0 Å². The number of carbonyl (C=O) groups excluding carboxylic acids is 1. The highest BCUT2D eigenvalue weighted by atomic mass is 32.2. The summed E-state index contributed by atoms with van der Waals surface area (Å²) in [5.74, 6) is 0.0257. The van der Waals surface area contributed by atoms with Crippen LogP contribution in [0.15, 0.2) is 9.95 Å². The Hall–Kier alpha value is -1.28. The zero-order valence-corrected chi connectivity index (χ0v) is 10.9. The predicted molar refractivity (Wildman–Crippen MR) is 65.8 cm³/mol. The van der Waals surface area contributed by atoms with Gasteiger partial charge < -0.3 is 11.1 Å². The van der Waals surface area contributed by atoms with Gasteiger partial charge in [-0.15, -0.1) is 5.10 Å². The summed E-state index contributed by atoms with van der Waals surface area (Å²) in [6.45, 7) is 3.87. The topological polar surface area (TPSA) is 106 Å². The van der Waals surface area contributed by atoms with E-state index >= 15 is 0 Å². The average molecular weight is 259 g/mol. The van der Waals surface area contributed by atoms with Crippen LogP contribution < -0.4 is 16.7 Å². The third-order valence-corrected chi connectivity index (χ3v) is 3.22. The number of nitrogens with two attached hydrogens (primary N) is 1. The minimum absolute atomic E-state index is 0.163. The third-order valence-electron chi connectivity index (χ3n) is 2.10. The Labute approximate surface area is 103 Å². The lowest BCUT2D eigenvalue weighted by atomic mass is 10.3. The van der Waals surface area contributed by atoms with E-state index in [4.69, 9.17) is 5.73 Å². The highest BCUT2D eigenvalue weighted by Crippen LogP contribution is 2.13. The second kappa shape index (κ2) is 5.87. The van der Waals surface area contributed by atoms with E-state index in [2.05, 4.69) is 15.5 Å².